The average molecular weight is 351 g/mol. The van der Waals surface area contributed by atoms with Gasteiger partial charge in [-0.05, 0) is 49.3 Å². The van der Waals surface area contributed by atoms with E-state index in [4.69, 9.17) is 0 Å². The fourth-order valence-electron chi connectivity index (χ4n) is 4.69. The first-order valence-electron chi connectivity index (χ1n) is 8.63. The van der Waals surface area contributed by atoms with Crippen molar-refractivity contribution < 1.29 is 18.3 Å². The third-order valence-electron chi connectivity index (χ3n) is 6.04. The van der Waals surface area contributed by atoms with Crippen molar-refractivity contribution in [2.75, 3.05) is 11.9 Å². The zero-order valence-corrected chi connectivity index (χ0v) is 13.7. The van der Waals surface area contributed by atoms with Gasteiger partial charge < -0.3 is 10.4 Å². The Morgan fingerprint density at radius 1 is 1.16 bits per heavy atom. The predicted octanol–water partition coefficient (Wildman–Crippen LogP) is 4.51. The van der Waals surface area contributed by atoms with Crippen LogP contribution in [0.3, 0.4) is 0 Å². The maximum Gasteiger partial charge on any atom is 0.396 e. The molecule has 4 nitrogen and oxygen atoms in total. The van der Waals surface area contributed by atoms with Gasteiger partial charge >= 0.3 is 6.18 Å². The fourth-order valence-corrected chi connectivity index (χ4v) is 4.69. The summed E-state index contributed by atoms with van der Waals surface area (Å²) in [7, 11) is 0. The van der Waals surface area contributed by atoms with Crippen LogP contribution in [0.4, 0.5) is 19.0 Å². The summed E-state index contributed by atoms with van der Waals surface area (Å²) in [4.78, 5) is 8.20. The van der Waals surface area contributed by atoms with Crippen molar-refractivity contribution in [2.45, 2.75) is 38.3 Å². The van der Waals surface area contributed by atoms with Crippen LogP contribution < -0.4 is 5.32 Å². The number of aromatic nitrogens is 2. The lowest BCUT2D eigenvalue weighted by Crippen LogP contribution is -2.55. The van der Waals surface area contributed by atoms with Gasteiger partial charge in [0.1, 0.15) is 17.9 Å². The van der Waals surface area contributed by atoms with Crippen LogP contribution in [-0.4, -0.2) is 27.8 Å². The summed E-state index contributed by atoms with van der Waals surface area (Å²) in [5.74, 6) is 0.213. The van der Waals surface area contributed by atoms with E-state index in [9.17, 15) is 18.3 Å². The smallest absolute Gasteiger partial charge is 0.396 e. The molecule has 1 unspecified atom stereocenters. The van der Waals surface area contributed by atoms with E-state index in [2.05, 4.69) is 15.3 Å². The van der Waals surface area contributed by atoms with Gasteiger partial charge in [-0.2, -0.15) is 13.2 Å². The normalized spacial score (nSPS) is 29.1. The van der Waals surface area contributed by atoms with E-state index in [1.54, 1.807) is 6.07 Å². The molecule has 1 atom stereocenters. The van der Waals surface area contributed by atoms with Crippen molar-refractivity contribution in [2.24, 2.45) is 17.3 Å². The van der Waals surface area contributed by atoms with Crippen LogP contribution in [0.2, 0.25) is 0 Å². The van der Waals surface area contributed by atoms with Gasteiger partial charge in [0.2, 0.25) is 0 Å². The van der Waals surface area contributed by atoms with Gasteiger partial charge in [-0.15, -0.1) is 0 Å². The van der Waals surface area contributed by atoms with E-state index in [1.165, 1.54) is 18.5 Å². The average Bonchev–Trinajstić information content (AvgIpc) is 2.60. The number of benzene rings is 1. The van der Waals surface area contributed by atoms with Crippen LogP contribution in [0, 0.1) is 17.3 Å². The molecule has 3 aliphatic rings. The first-order chi connectivity index (χ1) is 11.9. The number of alkyl halides is 3. The Morgan fingerprint density at radius 3 is 2.56 bits per heavy atom. The molecule has 1 aromatic carbocycles. The first-order valence-corrected chi connectivity index (χ1v) is 8.63. The number of hydrogen-bond acceptors (Lipinski definition) is 4. The van der Waals surface area contributed by atoms with E-state index in [0.29, 0.717) is 29.6 Å². The third-order valence-corrected chi connectivity index (χ3v) is 6.04. The number of fused-ring (bicyclic) bond motifs is 4. The Bertz CT molecular complexity index is 787. The van der Waals surface area contributed by atoms with E-state index < -0.39 is 11.6 Å². The van der Waals surface area contributed by atoms with Crippen LogP contribution in [0.25, 0.3) is 10.9 Å². The van der Waals surface area contributed by atoms with Crippen LogP contribution in [0.15, 0.2) is 24.5 Å². The van der Waals surface area contributed by atoms with Crippen molar-refractivity contribution in [1.82, 2.24) is 9.97 Å². The number of phenolic OH excluding ortho intramolecular Hbond substituents is 1. The van der Waals surface area contributed by atoms with E-state index >= 15 is 0 Å². The maximum atomic E-state index is 14.0. The van der Waals surface area contributed by atoms with Crippen molar-refractivity contribution in [1.29, 1.82) is 0 Å². The first kappa shape index (κ1) is 16.4. The quantitative estimate of drug-likeness (QED) is 0.854. The highest BCUT2D eigenvalue weighted by atomic mass is 19.4. The highest BCUT2D eigenvalue weighted by molar-refractivity contribution is 5.89. The molecule has 2 aromatic rings. The minimum Gasteiger partial charge on any atom is -0.508 e. The van der Waals surface area contributed by atoms with Crippen molar-refractivity contribution in [3.05, 3.63) is 24.5 Å². The lowest BCUT2D eigenvalue weighted by Gasteiger charge is -2.52. The number of nitrogens with one attached hydrogen (secondary N) is 1. The van der Waals surface area contributed by atoms with Crippen LogP contribution in [0.5, 0.6) is 5.75 Å². The topological polar surface area (TPSA) is 58.0 Å². The summed E-state index contributed by atoms with van der Waals surface area (Å²) in [6, 6.07) is 4.60. The number of rotatable bonds is 3. The predicted molar refractivity (Wildman–Crippen MR) is 88.2 cm³/mol. The molecule has 0 radical (unpaired) electrons. The highest BCUT2D eigenvalue weighted by Crippen LogP contribution is 2.59. The Kier molecular flexibility index (Phi) is 3.77. The molecule has 0 aliphatic heterocycles. The third kappa shape index (κ3) is 2.69. The number of hydrogen-bond donors (Lipinski definition) is 2. The Hall–Kier alpha value is -2.05. The molecular weight excluding hydrogens is 331 g/mol. The second-order valence-electron chi connectivity index (χ2n) is 7.35. The van der Waals surface area contributed by atoms with Crippen molar-refractivity contribution in [3.8, 4) is 5.75 Å². The van der Waals surface area contributed by atoms with Crippen LogP contribution >= 0.6 is 0 Å². The van der Waals surface area contributed by atoms with Gasteiger partial charge in [0, 0.05) is 11.9 Å². The minimum atomic E-state index is -4.24. The van der Waals surface area contributed by atoms with Gasteiger partial charge in [-0.3, -0.25) is 0 Å². The van der Waals surface area contributed by atoms with Gasteiger partial charge in [0.05, 0.1) is 10.9 Å². The second-order valence-corrected chi connectivity index (χ2v) is 7.35. The summed E-state index contributed by atoms with van der Waals surface area (Å²) in [5.41, 5.74) is -1.11. The summed E-state index contributed by atoms with van der Waals surface area (Å²) in [6.07, 6.45) is 0.403. The zero-order chi connectivity index (χ0) is 17.7. The molecule has 5 rings (SSSR count). The molecule has 3 saturated carbocycles. The molecule has 1 aromatic heterocycles. The lowest BCUT2D eigenvalue weighted by atomic mass is 9.55. The van der Waals surface area contributed by atoms with Crippen molar-refractivity contribution in [3.63, 3.8) is 0 Å². The molecule has 25 heavy (non-hydrogen) atoms. The summed E-state index contributed by atoms with van der Waals surface area (Å²) >= 11 is 0. The molecule has 0 saturated heterocycles. The molecule has 3 fully saturated rings. The zero-order valence-electron chi connectivity index (χ0n) is 13.7. The number of phenols is 1. The molecule has 3 aliphatic carbocycles. The monoisotopic (exact) mass is 351 g/mol. The number of nitrogens with zero attached hydrogens (tertiary/aromatic N) is 2. The Morgan fingerprint density at radius 2 is 1.92 bits per heavy atom. The Labute approximate surface area is 143 Å². The maximum absolute atomic E-state index is 14.0. The number of aromatic hydroxyl groups is 1. The number of halogens is 3. The standard InChI is InChI=1S/C18H20F3N3O/c19-18(20,21)17(8-11-1-3-12(17)4-2-11)9-22-16-14-7-13(25)5-6-15(14)23-10-24-16/h5-7,10-12,25H,1-4,8-9H2,(H,22,23,24). The largest absolute Gasteiger partial charge is 0.508 e. The van der Waals surface area contributed by atoms with E-state index in [0.717, 1.165) is 12.8 Å². The molecule has 2 bridgehead atoms. The minimum absolute atomic E-state index is 0.0348. The molecule has 2 N–H and O–H groups in total. The molecule has 0 spiro atoms. The van der Waals surface area contributed by atoms with Gasteiger partial charge in [0.25, 0.3) is 0 Å². The summed E-state index contributed by atoms with van der Waals surface area (Å²) in [6.45, 7) is -0.181. The molecule has 7 heteroatoms. The number of anilines is 1. The highest BCUT2D eigenvalue weighted by Gasteiger charge is 2.62. The fraction of sp³-hybridized carbons (Fsp3) is 0.556. The van der Waals surface area contributed by atoms with Gasteiger partial charge in [-0.1, -0.05) is 12.8 Å². The molecule has 134 valence electrons. The van der Waals surface area contributed by atoms with Crippen LogP contribution in [-0.2, 0) is 0 Å². The summed E-state index contributed by atoms with van der Waals surface area (Å²) in [5, 5.41) is 13.1. The second kappa shape index (κ2) is 5.75. The molecule has 0 amide bonds. The van der Waals surface area contributed by atoms with E-state index in [-0.39, 0.29) is 30.6 Å². The SMILES string of the molecule is Oc1ccc2ncnc(NCC3(C(F)(F)F)CC4CCC3CC4)c2c1. The van der Waals surface area contributed by atoms with Crippen LogP contribution in [0.1, 0.15) is 32.1 Å². The Balaban J connectivity index is 1.66. The lowest BCUT2D eigenvalue weighted by molar-refractivity contribution is -0.262. The van der Waals surface area contributed by atoms with Crippen molar-refractivity contribution >= 4 is 16.7 Å². The molecule has 1 heterocycles. The summed E-state index contributed by atoms with van der Waals surface area (Å²) < 4.78 is 42.1. The van der Waals surface area contributed by atoms with Gasteiger partial charge in [-0.25, -0.2) is 9.97 Å². The molecular formula is C18H20F3N3O. The van der Waals surface area contributed by atoms with Gasteiger partial charge in [0.15, 0.2) is 0 Å². The van der Waals surface area contributed by atoms with E-state index in [1.807, 2.05) is 0 Å².